The summed E-state index contributed by atoms with van der Waals surface area (Å²) in [6.07, 6.45) is 3.25. The van der Waals surface area contributed by atoms with E-state index in [2.05, 4.69) is 20.9 Å². The van der Waals surface area contributed by atoms with Crippen molar-refractivity contribution in [3.63, 3.8) is 0 Å². The lowest BCUT2D eigenvalue weighted by Gasteiger charge is -2.25. The van der Waals surface area contributed by atoms with Gasteiger partial charge in [0.05, 0.1) is 30.3 Å². The maximum Gasteiger partial charge on any atom is 0.295 e. The first kappa shape index (κ1) is 22.5. The smallest absolute Gasteiger partial charge is 0.295 e. The highest BCUT2D eigenvalue weighted by atomic mass is 79.9. The molecule has 1 N–H and O–H groups in total. The molecule has 0 spiro atoms. The topological polar surface area (TPSA) is 89.0 Å². The third kappa shape index (κ3) is 4.34. The van der Waals surface area contributed by atoms with Crippen LogP contribution in [0.15, 0.2) is 77.0 Å². The number of carbonyl (C=O) groups is 2. The summed E-state index contributed by atoms with van der Waals surface area (Å²) in [6, 6.07) is 14.8. The van der Waals surface area contributed by atoms with E-state index in [1.807, 2.05) is 0 Å². The minimum Gasteiger partial charge on any atom is -0.507 e. The van der Waals surface area contributed by atoms with Crippen LogP contribution in [0.25, 0.3) is 5.76 Å². The van der Waals surface area contributed by atoms with Crippen molar-refractivity contribution in [3.8, 4) is 11.5 Å². The first-order valence-corrected chi connectivity index (χ1v) is 10.9. The molecule has 0 saturated carbocycles. The number of rotatable bonds is 6. The predicted octanol–water partition coefficient (Wildman–Crippen LogP) is 4.48. The van der Waals surface area contributed by atoms with Crippen LogP contribution in [-0.2, 0) is 16.1 Å². The van der Waals surface area contributed by atoms with Crippen LogP contribution in [0.1, 0.15) is 22.7 Å². The molecule has 168 valence electrons. The molecule has 2 aromatic carbocycles. The molecule has 1 aliphatic rings. The van der Waals surface area contributed by atoms with Gasteiger partial charge in [-0.2, -0.15) is 0 Å². The Morgan fingerprint density at radius 3 is 2.48 bits per heavy atom. The number of carbonyl (C=O) groups excluding carboxylic acids is 2. The van der Waals surface area contributed by atoms with Crippen LogP contribution in [0.5, 0.6) is 11.5 Å². The number of likely N-dealkylation sites (tertiary alicyclic amines) is 1. The number of Topliss-reactive ketones (excluding diaryl/α,β-unsaturated/α-hetero) is 1. The molecule has 1 atom stereocenters. The van der Waals surface area contributed by atoms with Crippen molar-refractivity contribution < 1.29 is 24.2 Å². The molecule has 1 fully saturated rings. The number of nitrogens with zero attached hydrogens (tertiary/aromatic N) is 2. The fourth-order valence-electron chi connectivity index (χ4n) is 3.86. The van der Waals surface area contributed by atoms with E-state index in [1.165, 1.54) is 12.0 Å². The molecule has 3 aromatic rings. The quantitative estimate of drug-likeness (QED) is 0.300. The fourth-order valence-corrected chi connectivity index (χ4v) is 4.40. The molecule has 7 nitrogen and oxygen atoms in total. The monoisotopic (exact) mass is 508 g/mol. The zero-order valence-corrected chi connectivity index (χ0v) is 19.6. The molecule has 0 radical (unpaired) electrons. The van der Waals surface area contributed by atoms with E-state index in [0.29, 0.717) is 27.1 Å². The zero-order chi connectivity index (χ0) is 23.5. The number of pyridine rings is 1. The predicted molar refractivity (Wildman–Crippen MR) is 126 cm³/mol. The van der Waals surface area contributed by atoms with Crippen LogP contribution < -0.4 is 9.47 Å². The second-order valence-electron chi connectivity index (χ2n) is 7.41. The summed E-state index contributed by atoms with van der Waals surface area (Å²) in [5, 5.41) is 11.2. The molecule has 0 bridgehead atoms. The summed E-state index contributed by atoms with van der Waals surface area (Å²) < 4.78 is 11.2. The standard InChI is InChI=1S/C25H21BrN2O5/c1-32-18-5-3-4-16(12-18)22-21(23(29)17-6-7-20(33-2)19(26)13-17)24(30)25(31)28(22)14-15-8-10-27-11-9-15/h3-13,22,29H,14H2,1-2H3/b23-21-. The second-order valence-corrected chi connectivity index (χ2v) is 8.26. The third-order valence-electron chi connectivity index (χ3n) is 5.48. The Kier molecular flexibility index (Phi) is 6.46. The van der Waals surface area contributed by atoms with Crippen LogP contribution in [-0.4, -0.2) is 40.9 Å². The normalized spacial score (nSPS) is 17.3. The summed E-state index contributed by atoms with van der Waals surface area (Å²) in [4.78, 5) is 31.8. The lowest BCUT2D eigenvalue weighted by molar-refractivity contribution is -0.140. The Balaban J connectivity index is 1.88. The van der Waals surface area contributed by atoms with E-state index in [4.69, 9.17) is 9.47 Å². The molecule has 1 amide bonds. The van der Waals surface area contributed by atoms with Crippen LogP contribution >= 0.6 is 15.9 Å². The number of aliphatic hydroxyl groups excluding tert-OH is 1. The van der Waals surface area contributed by atoms with Crippen molar-refractivity contribution in [3.05, 3.63) is 93.7 Å². The van der Waals surface area contributed by atoms with Crippen LogP contribution in [0, 0.1) is 0 Å². The summed E-state index contributed by atoms with van der Waals surface area (Å²) in [7, 11) is 3.08. The molecule has 33 heavy (non-hydrogen) atoms. The van der Waals surface area contributed by atoms with Gasteiger partial charge in [-0.3, -0.25) is 14.6 Å². The molecule has 4 rings (SSSR count). The minimum atomic E-state index is -0.797. The van der Waals surface area contributed by atoms with Crippen molar-refractivity contribution in [1.29, 1.82) is 0 Å². The first-order valence-electron chi connectivity index (χ1n) is 10.1. The van der Waals surface area contributed by atoms with Crippen molar-refractivity contribution in [1.82, 2.24) is 9.88 Å². The maximum atomic E-state index is 13.2. The lowest BCUT2D eigenvalue weighted by atomic mass is 9.95. The number of aromatic nitrogens is 1. The molecule has 1 aliphatic heterocycles. The first-order chi connectivity index (χ1) is 15.9. The summed E-state index contributed by atoms with van der Waals surface area (Å²) in [5.41, 5.74) is 1.86. The highest BCUT2D eigenvalue weighted by Crippen LogP contribution is 2.41. The third-order valence-corrected chi connectivity index (χ3v) is 6.10. The lowest BCUT2D eigenvalue weighted by Crippen LogP contribution is -2.29. The van der Waals surface area contributed by atoms with Crippen molar-refractivity contribution in [2.45, 2.75) is 12.6 Å². The Morgan fingerprint density at radius 1 is 1.06 bits per heavy atom. The molecular weight excluding hydrogens is 488 g/mol. The van der Waals surface area contributed by atoms with Gasteiger partial charge in [0.15, 0.2) is 0 Å². The summed E-state index contributed by atoms with van der Waals surface area (Å²) in [6.45, 7) is 0.179. The number of amides is 1. The average molecular weight is 509 g/mol. The van der Waals surface area contributed by atoms with Gasteiger partial charge in [-0.25, -0.2) is 0 Å². The molecule has 0 aliphatic carbocycles. The highest BCUT2D eigenvalue weighted by Gasteiger charge is 2.46. The molecule has 8 heteroatoms. The number of hydrogen-bond donors (Lipinski definition) is 1. The SMILES string of the molecule is COc1cccc(C2/C(=C(/O)c3ccc(OC)c(Br)c3)C(=O)C(=O)N2Cc2ccncc2)c1. The molecule has 2 heterocycles. The Morgan fingerprint density at radius 2 is 1.82 bits per heavy atom. The van der Waals surface area contributed by atoms with E-state index in [9.17, 15) is 14.7 Å². The van der Waals surface area contributed by atoms with Crippen LogP contribution in [0.2, 0.25) is 0 Å². The second kappa shape index (κ2) is 9.46. The average Bonchev–Trinajstić information content (AvgIpc) is 3.09. The van der Waals surface area contributed by atoms with Crippen molar-refractivity contribution in [2.24, 2.45) is 0 Å². The molecule has 1 aromatic heterocycles. The van der Waals surface area contributed by atoms with E-state index < -0.39 is 17.7 Å². The number of benzene rings is 2. The molecule has 1 unspecified atom stereocenters. The minimum absolute atomic E-state index is 0.0133. The number of hydrogen-bond acceptors (Lipinski definition) is 6. The van der Waals surface area contributed by atoms with E-state index >= 15 is 0 Å². The Hall–Kier alpha value is -3.65. The summed E-state index contributed by atoms with van der Waals surface area (Å²) >= 11 is 3.40. The largest absolute Gasteiger partial charge is 0.507 e. The van der Waals surface area contributed by atoms with E-state index in [0.717, 1.165) is 5.56 Å². The Bertz CT molecular complexity index is 1240. The maximum absolute atomic E-state index is 13.2. The van der Waals surface area contributed by atoms with Gasteiger partial charge in [-0.15, -0.1) is 0 Å². The highest BCUT2D eigenvalue weighted by molar-refractivity contribution is 9.10. The van der Waals surface area contributed by atoms with Gasteiger partial charge in [0.25, 0.3) is 11.7 Å². The zero-order valence-electron chi connectivity index (χ0n) is 18.0. The number of halogens is 1. The van der Waals surface area contributed by atoms with Gasteiger partial charge in [-0.05, 0) is 69.5 Å². The fraction of sp³-hybridized carbons (Fsp3) is 0.160. The molecular formula is C25H21BrN2O5. The van der Waals surface area contributed by atoms with Crippen LogP contribution in [0.3, 0.4) is 0 Å². The van der Waals surface area contributed by atoms with Gasteiger partial charge < -0.3 is 19.5 Å². The Labute approximate surface area is 199 Å². The van der Waals surface area contributed by atoms with Gasteiger partial charge in [0.1, 0.15) is 17.3 Å². The summed E-state index contributed by atoms with van der Waals surface area (Å²) in [5.74, 6) is -0.542. The van der Waals surface area contributed by atoms with Gasteiger partial charge in [0.2, 0.25) is 0 Å². The number of ketones is 1. The van der Waals surface area contributed by atoms with E-state index in [1.54, 1.807) is 74.1 Å². The van der Waals surface area contributed by atoms with Gasteiger partial charge in [0, 0.05) is 24.5 Å². The van der Waals surface area contributed by atoms with Gasteiger partial charge >= 0.3 is 0 Å². The van der Waals surface area contributed by atoms with Crippen LogP contribution in [0.4, 0.5) is 0 Å². The molecule has 1 saturated heterocycles. The number of methoxy groups -OCH3 is 2. The van der Waals surface area contributed by atoms with Gasteiger partial charge in [-0.1, -0.05) is 12.1 Å². The van der Waals surface area contributed by atoms with Crippen molar-refractivity contribution in [2.75, 3.05) is 14.2 Å². The number of aliphatic hydroxyl groups is 1. The van der Waals surface area contributed by atoms with Crippen molar-refractivity contribution >= 4 is 33.4 Å². The number of ether oxygens (including phenoxy) is 2. The van der Waals surface area contributed by atoms with E-state index in [-0.39, 0.29) is 17.9 Å².